The predicted octanol–water partition coefficient (Wildman–Crippen LogP) is 4.14. The molecule has 0 N–H and O–H groups in total. The highest BCUT2D eigenvalue weighted by Gasteiger charge is 2.17. The molecule has 0 saturated carbocycles. The smallest absolute Gasteiger partial charge is 0.262 e. The second-order valence-electron chi connectivity index (χ2n) is 7.94. The van der Waals surface area contributed by atoms with Crippen molar-refractivity contribution in [1.29, 1.82) is 0 Å². The SMILES string of the molecule is Cl.Cl.O=c1c2cnc3ccccc3c2ncn1CCCN1CCN(c2ccc(F)cc2)CC1. The fraction of sp³-hybridized carbons (Fsp3) is 0.292. The lowest BCUT2D eigenvalue weighted by atomic mass is 10.1. The molecule has 6 nitrogen and oxygen atoms in total. The summed E-state index contributed by atoms with van der Waals surface area (Å²) in [6, 6.07) is 14.4. The molecular formula is C24H26Cl2FN5O. The largest absolute Gasteiger partial charge is 0.369 e. The highest BCUT2D eigenvalue weighted by atomic mass is 35.5. The number of pyridine rings is 1. The van der Waals surface area contributed by atoms with E-state index in [1.54, 1.807) is 17.1 Å². The van der Waals surface area contributed by atoms with Gasteiger partial charge >= 0.3 is 0 Å². The van der Waals surface area contributed by atoms with Gasteiger partial charge in [0.1, 0.15) is 5.82 Å². The summed E-state index contributed by atoms with van der Waals surface area (Å²) in [5, 5.41) is 1.47. The van der Waals surface area contributed by atoms with Gasteiger partial charge in [0.15, 0.2) is 0 Å². The van der Waals surface area contributed by atoms with Gasteiger partial charge in [-0.3, -0.25) is 19.2 Å². The number of anilines is 1. The van der Waals surface area contributed by atoms with E-state index < -0.39 is 0 Å². The van der Waals surface area contributed by atoms with E-state index in [2.05, 4.69) is 19.8 Å². The van der Waals surface area contributed by atoms with Crippen LogP contribution >= 0.6 is 24.8 Å². The van der Waals surface area contributed by atoms with E-state index in [0.29, 0.717) is 17.4 Å². The molecule has 174 valence electrons. The quantitative estimate of drug-likeness (QED) is 0.394. The Kier molecular flexibility index (Phi) is 8.24. The van der Waals surface area contributed by atoms with Crippen LogP contribution in [0.3, 0.4) is 0 Å². The minimum absolute atomic E-state index is 0. The molecule has 33 heavy (non-hydrogen) atoms. The molecular weight excluding hydrogens is 464 g/mol. The predicted molar refractivity (Wildman–Crippen MR) is 135 cm³/mol. The lowest BCUT2D eigenvalue weighted by Gasteiger charge is -2.36. The second kappa shape index (κ2) is 10.9. The number of rotatable bonds is 5. The first-order chi connectivity index (χ1) is 15.2. The zero-order valence-corrected chi connectivity index (χ0v) is 19.7. The van der Waals surface area contributed by atoms with Crippen LogP contribution in [0.15, 0.2) is 65.8 Å². The van der Waals surface area contributed by atoms with Crippen LogP contribution < -0.4 is 10.5 Å². The molecule has 4 aromatic rings. The van der Waals surface area contributed by atoms with Gasteiger partial charge in [0, 0.05) is 50.0 Å². The van der Waals surface area contributed by atoms with Crippen LogP contribution in [-0.4, -0.2) is 52.2 Å². The summed E-state index contributed by atoms with van der Waals surface area (Å²) in [6.07, 6.45) is 4.17. The van der Waals surface area contributed by atoms with Gasteiger partial charge in [0.05, 0.1) is 22.7 Å². The third-order valence-corrected chi connectivity index (χ3v) is 6.00. The van der Waals surface area contributed by atoms with Gasteiger partial charge in [0.2, 0.25) is 0 Å². The molecule has 0 unspecified atom stereocenters. The van der Waals surface area contributed by atoms with Gasteiger partial charge in [0.25, 0.3) is 5.56 Å². The monoisotopic (exact) mass is 489 g/mol. The topological polar surface area (TPSA) is 54.3 Å². The van der Waals surface area contributed by atoms with E-state index >= 15 is 0 Å². The van der Waals surface area contributed by atoms with Crippen LogP contribution in [-0.2, 0) is 6.54 Å². The van der Waals surface area contributed by atoms with E-state index in [-0.39, 0.29) is 36.2 Å². The average molecular weight is 490 g/mol. The normalized spacial score (nSPS) is 14.2. The molecule has 2 aromatic carbocycles. The van der Waals surface area contributed by atoms with Crippen LogP contribution in [0.1, 0.15) is 6.42 Å². The Balaban J connectivity index is 0.00000153. The Morgan fingerprint density at radius 2 is 1.58 bits per heavy atom. The van der Waals surface area contributed by atoms with Crippen molar-refractivity contribution in [1.82, 2.24) is 19.4 Å². The molecule has 1 saturated heterocycles. The van der Waals surface area contributed by atoms with Crippen LogP contribution in [0.4, 0.5) is 10.1 Å². The van der Waals surface area contributed by atoms with E-state index in [1.807, 2.05) is 36.4 Å². The number of hydrogen-bond donors (Lipinski definition) is 0. The number of aryl methyl sites for hydroxylation is 1. The fourth-order valence-electron chi connectivity index (χ4n) is 4.26. The fourth-order valence-corrected chi connectivity index (χ4v) is 4.26. The summed E-state index contributed by atoms with van der Waals surface area (Å²) in [5.41, 5.74) is 2.59. The first-order valence-electron chi connectivity index (χ1n) is 10.6. The maximum atomic E-state index is 13.1. The summed E-state index contributed by atoms with van der Waals surface area (Å²) in [4.78, 5) is 26.6. The van der Waals surface area contributed by atoms with E-state index in [4.69, 9.17) is 0 Å². The maximum absolute atomic E-state index is 13.1. The number of halogens is 3. The number of aromatic nitrogens is 3. The van der Waals surface area contributed by atoms with Crippen molar-refractivity contribution in [2.75, 3.05) is 37.6 Å². The van der Waals surface area contributed by atoms with Crippen molar-refractivity contribution < 1.29 is 4.39 Å². The third kappa shape index (κ3) is 5.27. The Hall–Kier alpha value is -2.74. The molecule has 0 bridgehead atoms. The maximum Gasteiger partial charge on any atom is 0.262 e. The van der Waals surface area contributed by atoms with Crippen LogP contribution in [0.25, 0.3) is 21.8 Å². The molecule has 3 heterocycles. The van der Waals surface area contributed by atoms with Crippen LogP contribution in [0, 0.1) is 5.82 Å². The zero-order chi connectivity index (χ0) is 21.2. The van der Waals surface area contributed by atoms with Crippen molar-refractivity contribution in [3.8, 4) is 0 Å². The summed E-state index contributed by atoms with van der Waals surface area (Å²) in [5.74, 6) is -0.204. The molecule has 1 aliphatic rings. The summed E-state index contributed by atoms with van der Waals surface area (Å²) >= 11 is 0. The molecule has 1 aliphatic heterocycles. The third-order valence-electron chi connectivity index (χ3n) is 6.00. The van der Waals surface area contributed by atoms with E-state index in [9.17, 15) is 9.18 Å². The van der Waals surface area contributed by atoms with Gasteiger partial charge in [-0.1, -0.05) is 18.2 Å². The molecule has 0 radical (unpaired) electrons. The number of nitrogens with zero attached hydrogens (tertiary/aromatic N) is 5. The molecule has 2 aromatic heterocycles. The number of para-hydroxylation sites is 1. The zero-order valence-electron chi connectivity index (χ0n) is 18.1. The van der Waals surface area contributed by atoms with Gasteiger partial charge in [-0.2, -0.15) is 0 Å². The highest BCUT2D eigenvalue weighted by Crippen LogP contribution is 2.19. The van der Waals surface area contributed by atoms with Crippen LogP contribution in [0.5, 0.6) is 0 Å². The summed E-state index contributed by atoms with van der Waals surface area (Å²) in [6.45, 7) is 5.31. The summed E-state index contributed by atoms with van der Waals surface area (Å²) in [7, 11) is 0. The lowest BCUT2D eigenvalue weighted by molar-refractivity contribution is 0.250. The number of hydrogen-bond acceptors (Lipinski definition) is 5. The Labute approximate surface area is 203 Å². The number of piperazine rings is 1. The average Bonchev–Trinajstić information content (AvgIpc) is 2.81. The lowest BCUT2D eigenvalue weighted by Crippen LogP contribution is -2.46. The van der Waals surface area contributed by atoms with Crippen molar-refractivity contribution in [3.05, 3.63) is 77.2 Å². The molecule has 9 heteroatoms. The van der Waals surface area contributed by atoms with E-state index in [0.717, 1.165) is 55.7 Å². The van der Waals surface area contributed by atoms with Crippen LogP contribution in [0.2, 0.25) is 0 Å². The minimum Gasteiger partial charge on any atom is -0.369 e. The molecule has 0 aliphatic carbocycles. The van der Waals surface area contributed by atoms with E-state index in [1.165, 1.54) is 12.1 Å². The molecule has 0 atom stereocenters. The number of fused-ring (bicyclic) bond motifs is 3. The van der Waals surface area contributed by atoms with Crippen molar-refractivity contribution in [2.24, 2.45) is 0 Å². The minimum atomic E-state index is -0.204. The van der Waals surface area contributed by atoms with Gasteiger partial charge in [-0.15, -0.1) is 24.8 Å². The van der Waals surface area contributed by atoms with Gasteiger partial charge < -0.3 is 4.90 Å². The Bertz CT molecular complexity index is 1270. The number of benzene rings is 2. The second-order valence-corrected chi connectivity index (χ2v) is 7.94. The molecule has 1 fully saturated rings. The Morgan fingerprint density at radius 1 is 0.848 bits per heavy atom. The van der Waals surface area contributed by atoms with Crippen molar-refractivity contribution in [3.63, 3.8) is 0 Å². The van der Waals surface area contributed by atoms with Gasteiger partial charge in [-0.05, 0) is 43.3 Å². The van der Waals surface area contributed by atoms with Crippen molar-refractivity contribution >= 4 is 52.3 Å². The first kappa shape index (κ1) is 24.9. The molecule has 0 amide bonds. The molecule has 5 rings (SSSR count). The standard InChI is InChI=1S/C24H24FN5O.2ClH/c25-18-6-8-19(9-7-18)29-14-12-28(13-15-29)10-3-11-30-17-27-23-20-4-1-2-5-22(20)26-16-21(23)24(30)31;;/h1-2,4-9,16-17H,3,10-15H2;2*1H. The van der Waals surface area contributed by atoms with Gasteiger partial charge in [-0.25, -0.2) is 9.37 Å². The molecule has 0 spiro atoms. The first-order valence-corrected chi connectivity index (χ1v) is 10.6. The Morgan fingerprint density at radius 3 is 2.33 bits per heavy atom. The highest BCUT2D eigenvalue weighted by molar-refractivity contribution is 6.02. The van der Waals surface area contributed by atoms with Crippen molar-refractivity contribution in [2.45, 2.75) is 13.0 Å². The summed E-state index contributed by atoms with van der Waals surface area (Å²) < 4.78 is 14.8.